The highest BCUT2D eigenvalue weighted by atomic mass is 35.5. The number of hydrogen-bond donors (Lipinski definition) is 3. The molecule has 1 atom stereocenters. The Kier molecular flexibility index (Phi) is 6.79. The summed E-state index contributed by atoms with van der Waals surface area (Å²) in [6.45, 7) is 2.50. The molecule has 0 bridgehead atoms. The summed E-state index contributed by atoms with van der Waals surface area (Å²) in [7, 11) is -3.96. The third-order valence-corrected chi connectivity index (χ3v) is 7.09. The van der Waals surface area contributed by atoms with Gasteiger partial charge in [-0.15, -0.1) is 0 Å². The van der Waals surface area contributed by atoms with Gasteiger partial charge in [0.1, 0.15) is 11.9 Å². The van der Waals surface area contributed by atoms with Crippen molar-refractivity contribution in [3.8, 4) is 0 Å². The first-order chi connectivity index (χ1) is 14.3. The minimum atomic E-state index is -3.96. The SMILES string of the molecule is CCCCOC(=O)[C@H]1CCCN1S(=O)(=O)c1ccc2c(Cl)cnc(NC(=N)N)c2c1. The van der Waals surface area contributed by atoms with Crippen molar-refractivity contribution >= 4 is 50.1 Å². The van der Waals surface area contributed by atoms with Crippen molar-refractivity contribution in [2.75, 3.05) is 18.5 Å². The molecule has 0 unspecified atom stereocenters. The number of rotatable bonds is 7. The van der Waals surface area contributed by atoms with E-state index >= 15 is 0 Å². The predicted molar refractivity (Wildman–Crippen MR) is 115 cm³/mol. The van der Waals surface area contributed by atoms with Crippen LogP contribution in [0.3, 0.4) is 0 Å². The van der Waals surface area contributed by atoms with Gasteiger partial charge in [0.15, 0.2) is 5.96 Å². The van der Waals surface area contributed by atoms with Crippen LogP contribution in [0.15, 0.2) is 29.3 Å². The summed E-state index contributed by atoms with van der Waals surface area (Å²) in [5, 5.41) is 11.3. The topological polar surface area (TPSA) is 138 Å². The van der Waals surface area contributed by atoms with Crippen LogP contribution in [0.4, 0.5) is 5.82 Å². The summed E-state index contributed by atoms with van der Waals surface area (Å²) in [5.74, 6) is -0.640. The maximum absolute atomic E-state index is 13.3. The van der Waals surface area contributed by atoms with Crippen molar-refractivity contribution < 1.29 is 17.9 Å². The van der Waals surface area contributed by atoms with Crippen molar-refractivity contribution in [1.82, 2.24) is 9.29 Å². The predicted octanol–water partition coefficient (Wildman–Crippen LogP) is 2.69. The molecule has 0 radical (unpaired) electrons. The standard InChI is InChI=1S/C19H24ClN5O4S/c1-2-3-9-29-18(26)16-5-4-8-25(16)30(27,28)12-6-7-13-14(10-12)17(24-19(21)22)23-11-15(13)20/h6-7,10-11,16H,2-5,8-9H2,1H3,(H4,21,22,23,24)/t16-/m1/s1. The molecule has 2 heterocycles. The van der Waals surface area contributed by atoms with Crippen LogP contribution in [0.1, 0.15) is 32.6 Å². The van der Waals surface area contributed by atoms with Crippen LogP contribution < -0.4 is 11.1 Å². The van der Waals surface area contributed by atoms with E-state index in [1.807, 2.05) is 6.92 Å². The number of unbranched alkanes of at least 4 members (excludes halogenated alkanes) is 1. The molecule has 11 heteroatoms. The van der Waals surface area contributed by atoms with E-state index in [-0.39, 0.29) is 29.8 Å². The quantitative estimate of drug-likeness (QED) is 0.253. The number of ether oxygens (including phenoxy) is 1. The van der Waals surface area contributed by atoms with E-state index in [1.54, 1.807) is 6.07 Å². The summed E-state index contributed by atoms with van der Waals surface area (Å²) in [6.07, 6.45) is 4.00. The maximum atomic E-state index is 13.3. The van der Waals surface area contributed by atoms with Crippen LogP contribution in [0.25, 0.3) is 10.8 Å². The Balaban J connectivity index is 1.97. The van der Waals surface area contributed by atoms with E-state index in [1.165, 1.54) is 22.6 Å². The lowest BCUT2D eigenvalue weighted by molar-refractivity contribution is -0.147. The van der Waals surface area contributed by atoms with Gasteiger partial charge >= 0.3 is 5.97 Å². The molecule has 1 aromatic heterocycles. The maximum Gasteiger partial charge on any atom is 0.324 e. The van der Waals surface area contributed by atoms with Crippen LogP contribution in [0.2, 0.25) is 5.02 Å². The molecule has 30 heavy (non-hydrogen) atoms. The first-order valence-corrected chi connectivity index (χ1v) is 11.4. The minimum absolute atomic E-state index is 0.000994. The number of fused-ring (bicyclic) bond motifs is 1. The van der Waals surface area contributed by atoms with Gasteiger partial charge in [0, 0.05) is 23.5 Å². The Hall–Kier alpha value is -2.43. The van der Waals surface area contributed by atoms with E-state index in [4.69, 9.17) is 27.5 Å². The molecule has 0 aliphatic carbocycles. The Labute approximate surface area is 180 Å². The van der Waals surface area contributed by atoms with E-state index in [0.29, 0.717) is 28.6 Å². The zero-order chi connectivity index (χ0) is 21.9. The molecule has 1 aliphatic rings. The Morgan fingerprint density at radius 3 is 2.90 bits per heavy atom. The number of nitrogens with zero attached hydrogens (tertiary/aromatic N) is 2. The monoisotopic (exact) mass is 453 g/mol. The summed E-state index contributed by atoms with van der Waals surface area (Å²) >= 11 is 6.19. The molecule has 3 rings (SSSR count). The van der Waals surface area contributed by atoms with Crippen molar-refractivity contribution in [2.24, 2.45) is 5.73 Å². The molecule has 1 aromatic carbocycles. The van der Waals surface area contributed by atoms with E-state index < -0.39 is 22.0 Å². The molecule has 1 saturated heterocycles. The zero-order valence-corrected chi connectivity index (χ0v) is 18.1. The minimum Gasteiger partial charge on any atom is -0.464 e. The number of carbonyl (C=O) groups excluding carboxylic acids is 1. The molecule has 0 saturated carbocycles. The molecule has 0 spiro atoms. The van der Waals surface area contributed by atoms with Crippen LogP contribution in [0, 0.1) is 5.41 Å². The first kappa shape index (κ1) is 22.3. The second-order valence-electron chi connectivity index (χ2n) is 7.00. The third-order valence-electron chi connectivity index (χ3n) is 4.89. The van der Waals surface area contributed by atoms with Crippen LogP contribution >= 0.6 is 11.6 Å². The fourth-order valence-corrected chi connectivity index (χ4v) is 5.27. The number of guanidine groups is 1. The number of pyridine rings is 1. The molecule has 1 aliphatic heterocycles. The number of anilines is 1. The number of esters is 1. The second kappa shape index (κ2) is 9.15. The summed E-state index contributed by atoms with van der Waals surface area (Å²) < 4.78 is 33.1. The largest absolute Gasteiger partial charge is 0.464 e. The lowest BCUT2D eigenvalue weighted by Crippen LogP contribution is -2.41. The summed E-state index contributed by atoms with van der Waals surface area (Å²) in [5.41, 5.74) is 5.40. The molecule has 2 aromatic rings. The van der Waals surface area contributed by atoms with Gasteiger partial charge < -0.3 is 15.8 Å². The fourth-order valence-electron chi connectivity index (χ4n) is 3.39. The molecular weight excluding hydrogens is 430 g/mol. The van der Waals surface area contributed by atoms with E-state index in [9.17, 15) is 13.2 Å². The summed E-state index contributed by atoms with van der Waals surface area (Å²) in [4.78, 5) is 16.5. The summed E-state index contributed by atoms with van der Waals surface area (Å²) in [6, 6.07) is 3.60. The van der Waals surface area contributed by atoms with E-state index in [0.717, 1.165) is 12.8 Å². The first-order valence-electron chi connectivity index (χ1n) is 9.63. The Morgan fingerprint density at radius 1 is 1.43 bits per heavy atom. The van der Waals surface area contributed by atoms with Gasteiger partial charge in [-0.1, -0.05) is 31.0 Å². The van der Waals surface area contributed by atoms with Gasteiger partial charge in [-0.05, 0) is 31.4 Å². The number of aromatic nitrogens is 1. The Bertz CT molecular complexity index is 1080. The third kappa shape index (κ3) is 4.50. The van der Waals surface area contributed by atoms with Gasteiger partial charge in [0.2, 0.25) is 10.0 Å². The normalized spacial score (nSPS) is 17.2. The number of nitrogens with one attached hydrogen (secondary N) is 2. The molecule has 9 nitrogen and oxygen atoms in total. The zero-order valence-electron chi connectivity index (χ0n) is 16.5. The van der Waals surface area contributed by atoms with Crippen molar-refractivity contribution in [3.63, 3.8) is 0 Å². The van der Waals surface area contributed by atoms with Crippen LogP contribution in [-0.2, 0) is 19.6 Å². The van der Waals surface area contributed by atoms with Gasteiger partial charge in [0.05, 0.1) is 16.5 Å². The van der Waals surface area contributed by atoms with Crippen LogP contribution in [-0.4, -0.2) is 48.8 Å². The lowest BCUT2D eigenvalue weighted by Gasteiger charge is -2.23. The average Bonchev–Trinajstić information content (AvgIpc) is 3.21. The van der Waals surface area contributed by atoms with Crippen LogP contribution in [0.5, 0.6) is 0 Å². The molecule has 0 amide bonds. The smallest absolute Gasteiger partial charge is 0.324 e. The van der Waals surface area contributed by atoms with Crippen molar-refractivity contribution in [3.05, 3.63) is 29.4 Å². The highest BCUT2D eigenvalue weighted by molar-refractivity contribution is 7.89. The second-order valence-corrected chi connectivity index (χ2v) is 9.29. The van der Waals surface area contributed by atoms with Gasteiger partial charge in [-0.25, -0.2) is 13.4 Å². The van der Waals surface area contributed by atoms with Crippen molar-refractivity contribution in [1.29, 1.82) is 5.41 Å². The fraction of sp³-hybridized carbons (Fsp3) is 0.421. The van der Waals surface area contributed by atoms with Crippen molar-refractivity contribution in [2.45, 2.75) is 43.5 Å². The highest BCUT2D eigenvalue weighted by Crippen LogP contribution is 2.33. The van der Waals surface area contributed by atoms with Gasteiger partial charge in [-0.3, -0.25) is 10.2 Å². The van der Waals surface area contributed by atoms with Gasteiger partial charge in [-0.2, -0.15) is 4.31 Å². The molecule has 1 fully saturated rings. The number of nitrogens with two attached hydrogens (primary N) is 1. The highest BCUT2D eigenvalue weighted by Gasteiger charge is 2.40. The number of sulfonamides is 1. The average molecular weight is 454 g/mol. The number of halogens is 1. The number of hydrogen-bond acceptors (Lipinski definition) is 6. The number of benzene rings is 1. The lowest BCUT2D eigenvalue weighted by atomic mass is 10.1. The number of carbonyl (C=O) groups is 1. The molecular formula is C19H24ClN5O4S. The molecule has 162 valence electrons. The molecule has 4 N–H and O–H groups in total. The van der Waals surface area contributed by atoms with E-state index in [2.05, 4.69) is 10.3 Å². The van der Waals surface area contributed by atoms with Gasteiger partial charge in [0.25, 0.3) is 0 Å². The Morgan fingerprint density at radius 2 is 2.20 bits per heavy atom.